The number of H-pyrrole nitrogens is 1. The Morgan fingerprint density at radius 2 is 2.09 bits per heavy atom. The maximum absolute atomic E-state index is 12.9. The van der Waals surface area contributed by atoms with Crippen LogP contribution in [0.15, 0.2) is 63.5 Å². The van der Waals surface area contributed by atoms with E-state index in [0.29, 0.717) is 23.9 Å². The van der Waals surface area contributed by atoms with Crippen LogP contribution in [0.3, 0.4) is 0 Å². The molecule has 1 aliphatic rings. The smallest absolute Gasteiger partial charge is 0.298 e. The van der Waals surface area contributed by atoms with Crippen molar-refractivity contribution < 1.29 is 13.2 Å². The molecule has 1 aromatic carbocycles. The number of aromatic nitrogens is 3. The second-order valence-electron chi connectivity index (χ2n) is 7.28. The van der Waals surface area contributed by atoms with Crippen molar-refractivity contribution in [1.82, 2.24) is 19.3 Å². The van der Waals surface area contributed by atoms with Crippen LogP contribution in [0.4, 0.5) is 0 Å². The normalized spacial score (nSPS) is 18.6. The summed E-state index contributed by atoms with van der Waals surface area (Å²) in [6.45, 7) is 0.680. The van der Waals surface area contributed by atoms with Gasteiger partial charge in [-0.1, -0.05) is 18.2 Å². The summed E-state index contributed by atoms with van der Waals surface area (Å²) in [5.74, 6) is 0. The van der Waals surface area contributed by atoms with Crippen molar-refractivity contribution in [3.05, 3.63) is 59.1 Å². The Morgan fingerprint density at radius 1 is 1.28 bits per heavy atom. The third-order valence-corrected chi connectivity index (χ3v) is 6.96. The molecule has 0 amide bonds. The molecular formula is C21H22N6O4S. The van der Waals surface area contributed by atoms with Crippen LogP contribution in [0.25, 0.3) is 10.9 Å². The molecular weight excluding hydrogens is 432 g/mol. The van der Waals surface area contributed by atoms with Crippen LogP contribution in [0.5, 0.6) is 6.01 Å². The van der Waals surface area contributed by atoms with Gasteiger partial charge in [0.25, 0.3) is 11.6 Å². The van der Waals surface area contributed by atoms with Gasteiger partial charge in [0.1, 0.15) is 0 Å². The number of piperidine rings is 1. The lowest BCUT2D eigenvalue weighted by molar-refractivity contribution is 0.302. The molecule has 2 N–H and O–H groups in total. The lowest BCUT2D eigenvalue weighted by Gasteiger charge is -2.30. The second kappa shape index (κ2) is 9.37. The molecule has 1 saturated heterocycles. The average molecular weight is 455 g/mol. The highest BCUT2D eigenvalue weighted by atomic mass is 32.2. The maximum atomic E-state index is 12.9. The number of hydrogen-bond acceptors (Lipinski definition) is 8. The number of aromatic amines is 1. The topological polar surface area (TPSA) is 141 Å². The first-order valence-corrected chi connectivity index (χ1v) is 11.5. The molecule has 10 nitrogen and oxygen atoms in total. The summed E-state index contributed by atoms with van der Waals surface area (Å²) in [5.41, 5.74) is 0.00284. The first-order chi connectivity index (χ1) is 15.5. The standard InChI is InChI=1S/C21H22N6O4S/c22-11-16(31-21-25-19-13-23-9-8-18(19)20(28)26-21)12-24-15-5-4-10-27(14-15)32(29,30)17-6-2-1-3-7-17/h1-3,6-9,11-13,15-16,22H,4-5,10,14H2,(H,25,26,28). The van der Waals surface area contributed by atoms with Gasteiger partial charge in [0, 0.05) is 31.7 Å². The first kappa shape index (κ1) is 21.8. The summed E-state index contributed by atoms with van der Waals surface area (Å²) >= 11 is 0. The molecule has 0 saturated carbocycles. The number of nitrogens with zero attached hydrogens (tertiary/aromatic N) is 4. The van der Waals surface area contributed by atoms with Crippen molar-refractivity contribution in [2.24, 2.45) is 4.99 Å². The number of rotatable bonds is 7. The summed E-state index contributed by atoms with van der Waals surface area (Å²) in [7, 11) is -3.59. The molecule has 1 aliphatic heterocycles. The Morgan fingerprint density at radius 3 is 2.88 bits per heavy atom. The number of nitrogens with one attached hydrogen (secondary N) is 2. The largest absolute Gasteiger partial charge is 0.450 e. The lowest BCUT2D eigenvalue weighted by atomic mass is 10.1. The molecule has 0 bridgehead atoms. The molecule has 0 spiro atoms. The molecule has 3 heterocycles. The van der Waals surface area contributed by atoms with Gasteiger partial charge in [-0.2, -0.15) is 9.29 Å². The fourth-order valence-electron chi connectivity index (χ4n) is 3.47. The molecule has 1 fully saturated rings. The zero-order valence-electron chi connectivity index (χ0n) is 17.1. The van der Waals surface area contributed by atoms with Crippen molar-refractivity contribution in [3.63, 3.8) is 0 Å². The Bertz CT molecular complexity index is 1290. The highest BCUT2D eigenvalue weighted by molar-refractivity contribution is 7.89. The Hall–Kier alpha value is -3.44. The van der Waals surface area contributed by atoms with Crippen molar-refractivity contribution in [3.8, 4) is 6.01 Å². The fraction of sp³-hybridized carbons (Fsp3) is 0.286. The lowest BCUT2D eigenvalue weighted by Crippen LogP contribution is -2.41. The summed E-state index contributed by atoms with van der Waals surface area (Å²) in [6, 6.07) is 9.56. The Kier molecular flexibility index (Phi) is 6.37. The first-order valence-electron chi connectivity index (χ1n) is 10.1. The summed E-state index contributed by atoms with van der Waals surface area (Å²) in [6.07, 6.45) is 5.94. The predicted molar refractivity (Wildman–Crippen MR) is 120 cm³/mol. The minimum Gasteiger partial charge on any atom is -0.450 e. The fourth-order valence-corrected chi connectivity index (χ4v) is 5.01. The number of pyridine rings is 1. The minimum absolute atomic E-state index is 0.0487. The number of benzene rings is 1. The predicted octanol–water partition coefficient (Wildman–Crippen LogP) is 1.64. The average Bonchev–Trinajstić information content (AvgIpc) is 2.82. The number of hydrogen-bond donors (Lipinski definition) is 2. The number of fused-ring (bicyclic) bond motifs is 1. The molecule has 32 heavy (non-hydrogen) atoms. The monoisotopic (exact) mass is 454 g/mol. The van der Waals surface area contributed by atoms with E-state index >= 15 is 0 Å². The number of sulfonamides is 1. The van der Waals surface area contributed by atoms with E-state index < -0.39 is 16.1 Å². The maximum Gasteiger partial charge on any atom is 0.298 e. The van der Waals surface area contributed by atoms with Gasteiger partial charge in [-0.3, -0.25) is 19.8 Å². The van der Waals surface area contributed by atoms with Crippen LogP contribution in [0.2, 0.25) is 0 Å². The van der Waals surface area contributed by atoms with Crippen LogP contribution in [0, 0.1) is 5.41 Å². The molecule has 166 valence electrons. The van der Waals surface area contributed by atoms with E-state index in [0.717, 1.165) is 12.6 Å². The van der Waals surface area contributed by atoms with E-state index in [9.17, 15) is 13.2 Å². The molecule has 2 unspecified atom stereocenters. The summed E-state index contributed by atoms with van der Waals surface area (Å²) in [4.78, 5) is 27.6. The molecule has 2 atom stereocenters. The molecule has 4 rings (SSSR count). The quantitative estimate of drug-likeness (QED) is 0.520. The molecule has 0 aliphatic carbocycles. The highest BCUT2D eigenvalue weighted by Crippen LogP contribution is 2.22. The SMILES string of the molecule is N=CC(C=NC1CCCN(S(=O)(=O)c2ccccc2)C1)Oc1nc2cnccc2c(=O)[nH]1. The summed E-state index contributed by atoms with van der Waals surface area (Å²) in [5, 5.41) is 8.00. The van der Waals surface area contributed by atoms with Gasteiger partial charge in [0.2, 0.25) is 10.0 Å². The van der Waals surface area contributed by atoms with E-state index in [4.69, 9.17) is 10.1 Å². The third-order valence-electron chi connectivity index (χ3n) is 5.08. The molecule has 11 heteroatoms. The minimum atomic E-state index is -3.59. The van der Waals surface area contributed by atoms with Gasteiger partial charge >= 0.3 is 0 Å². The van der Waals surface area contributed by atoms with Crippen LogP contribution in [-0.2, 0) is 10.0 Å². The van der Waals surface area contributed by atoms with Gasteiger partial charge in [-0.15, -0.1) is 0 Å². The van der Waals surface area contributed by atoms with Crippen molar-refractivity contribution >= 4 is 33.4 Å². The third kappa shape index (κ3) is 4.73. The van der Waals surface area contributed by atoms with E-state index in [-0.39, 0.29) is 29.1 Å². The zero-order valence-corrected chi connectivity index (χ0v) is 17.9. The summed E-state index contributed by atoms with van der Waals surface area (Å²) < 4.78 is 32.8. The number of aliphatic imine (C=N–C) groups is 1. The van der Waals surface area contributed by atoms with Gasteiger partial charge in [0.15, 0.2) is 6.10 Å². The highest BCUT2D eigenvalue weighted by Gasteiger charge is 2.29. The van der Waals surface area contributed by atoms with Gasteiger partial charge in [-0.25, -0.2) is 8.42 Å². The molecule has 3 aromatic rings. The zero-order chi connectivity index (χ0) is 22.6. The number of ether oxygens (including phenoxy) is 1. The van der Waals surface area contributed by atoms with Gasteiger partial charge in [-0.05, 0) is 31.0 Å². The van der Waals surface area contributed by atoms with E-state index in [2.05, 4.69) is 19.9 Å². The van der Waals surface area contributed by atoms with Crippen LogP contribution in [-0.4, -0.2) is 65.3 Å². The van der Waals surface area contributed by atoms with Crippen LogP contribution >= 0.6 is 0 Å². The second-order valence-corrected chi connectivity index (χ2v) is 9.22. The van der Waals surface area contributed by atoms with Gasteiger partial charge < -0.3 is 10.1 Å². The van der Waals surface area contributed by atoms with Crippen molar-refractivity contribution in [2.45, 2.75) is 29.9 Å². The van der Waals surface area contributed by atoms with Crippen LogP contribution < -0.4 is 10.3 Å². The molecule has 2 aromatic heterocycles. The van der Waals surface area contributed by atoms with Gasteiger partial charge in [0.05, 0.1) is 28.0 Å². The van der Waals surface area contributed by atoms with Crippen LogP contribution in [0.1, 0.15) is 12.8 Å². The van der Waals surface area contributed by atoms with E-state index in [1.165, 1.54) is 22.9 Å². The Balaban J connectivity index is 1.46. The Labute approximate surface area is 184 Å². The molecule has 0 radical (unpaired) electrons. The van der Waals surface area contributed by atoms with Crippen molar-refractivity contribution in [2.75, 3.05) is 13.1 Å². The van der Waals surface area contributed by atoms with E-state index in [1.807, 2.05) is 0 Å². The van der Waals surface area contributed by atoms with Crippen molar-refractivity contribution in [1.29, 1.82) is 5.41 Å². The van der Waals surface area contributed by atoms with E-state index in [1.54, 1.807) is 36.4 Å².